The number of halogens is 1. The van der Waals surface area contributed by atoms with Gasteiger partial charge in [0.25, 0.3) is 5.56 Å². The van der Waals surface area contributed by atoms with Gasteiger partial charge in [-0.25, -0.2) is 4.98 Å². The van der Waals surface area contributed by atoms with E-state index in [-0.39, 0.29) is 29.9 Å². The third-order valence-corrected chi connectivity index (χ3v) is 5.06. The highest BCUT2D eigenvalue weighted by Gasteiger charge is 2.36. The molecule has 2 aliphatic rings. The van der Waals surface area contributed by atoms with E-state index in [2.05, 4.69) is 21.3 Å². The molecule has 0 aromatic carbocycles. The lowest BCUT2D eigenvalue weighted by Crippen LogP contribution is -2.52. The maximum atomic E-state index is 13.0. The summed E-state index contributed by atoms with van der Waals surface area (Å²) >= 11 is 0. The lowest BCUT2D eigenvalue weighted by molar-refractivity contribution is -0.118. The Bertz CT molecular complexity index is 995. The van der Waals surface area contributed by atoms with E-state index in [0.717, 1.165) is 6.54 Å². The number of carbonyl (C=O) groups excluding carboxylic acids is 1. The van der Waals surface area contributed by atoms with Crippen molar-refractivity contribution in [1.29, 1.82) is 5.26 Å². The molecule has 1 saturated heterocycles. The highest BCUT2D eigenvalue weighted by Crippen LogP contribution is 2.37. The molecule has 136 valence electrons. The monoisotopic (exact) mass is 374 g/mol. The molecule has 0 spiro atoms. The van der Waals surface area contributed by atoms with Crippen LogP contribution in [0.15, 0.2) is 16.9 Å². The molecule has 2 aromatic heterocycles. The third kappa shape index (κ3) is 2.52. The lowest BCUT2D eigenvalue weighted by atomic mass is 10.1. The van der Waals surface area contributed by atoms with Crippen LogP contribution in [0.1, 0.15) is 12.1 Å². The highest BCUT2D eigenvalue weighted by atomic mass is 35.5. The van der Waals surface area contributed by atoms with Crippen LogP contribution < -0.4 is 20.7 Å². The molecule has 9 heteroatoms. The van der Waals surface area contributed by atoms with Crippen molar-refractivity contribution in [2.45, 2.75) is 12.5 Å². The number of nitriles is 1. The van der Waals surface area contributed by atoms with Crippen LogP contribution >= 0.6 is 12.4 Å². The second-order valence-corrected chi connectivity index (χ2v) is 6.45. The largest absolute Gasteiger partial charge is 0.362 e. The van der Waals surface area contributed by atoms with Gasteiger partial charge in [0, 0.05) is 40.2 Å². The van der Waals surface area contributed by atoms with Crippen LogP contribution in [-0.2, 0) is 11.8 Å². The van der Waals surface area contributed by atoms with Gasteiger partial charge in [-0.1, -0.05) is 0 Å². The molecular formula is C17H19ClN6O2. The van der Waals surface area contributed by atoms with Crippen molar-refractivity contribution >= 4 is 40.7 Å². The first kappa shape index (κ1) is 18.2. The topological polar surface area (TPSA) is 94.3 Å². The minimum Gasteiger partial charge on any atom is -0.362 e. The van der Waals surface area contributed by atoms with E-state index >= 15 is 0 Å². The van der Waals surface area contributed by atoms with E-state index in [1.165, 1.54) is 9.47 Å². The number of amides is 1. The normalized spacial score (nSPS) is 19.3. The molecule has 1 N–H and O–H groups in total. The number of nitrogens with one attached hydrogen (secondary N) is 1. The zero-order valence-corrected chi connectivity index (χ0v) is 15.3. The summed E-state index contributed by atoms with van der Waals surface area (Å²) in [6.45, 7) is 2.12. The Morgan fingerprint density at radius 2 is 2.04 bits per heavy atom. The number of anilines is 2. The molecule has 4 rings (SSSR count). The van der Waals surface area contributed by atoms with E-state index in [0.29, 0.717) is 47.6 Å². The molecule has 4 heterocycles. The quantitative estimate of drug-likeness (QED) is 0.716. The van der Waals surface area contributed by atoms with Crippen molar-refractivity contribution in [1.82, 2.24) is 14.9 Å². The molecule has 1 fully saturated rings. The van der Waals surface area contributed by atoms with E-state index in [1.54, 1.807) is 26.2 Å². The van der Waals surface area contributed by atoms with Crippen molar-refractivity contribution < 1.29 is 4.79 Å². The number of aryl methyl sites for hydroxylation is 1. The number of rotatable bonds is 0. The molecule has 0 radical (unpaired) electrons. The summed E-state index contributed by atoms with van der Waals surface area (Å²) in [4.78, 5) is 33.6. The molecule has 8 nitrogen and oxygen atoms in total. The molecule has 2 aliphatic heterocycles. The second kappa shape index (κ2) is 6.59. The van der Waals surface area contributed by atoms with Crippen molar-refractivity contribution in [2.24, 2.45) is 7.05 Å². The van der Waals surface area contributed by atoms with Crippen LogP contribution in [0.2, 0.25) is 0 Å². The van der Waals surface area contributed by atoms with Gasteiger partial charge in [0.1, 0.15) is 23.0 Å². The molecule has 26 heavy (non-hydrogen) atoms. The number of piperazine rings is 1. The fourth-order valence-corrected chi connectivity index (χ4v) is 3.72. The minimum absolute atomic E-state index is 0. The van der Waals surface area contributed by atoms with Crippen LogP contribution in [0.25, 0.3) is 11.0 Å². The number of carbonyl (C=O) groups is 1. The molecule has 0 aliphatic carbocycles. The number of fused-ring (bicyclic) bond motifs is 5. The first-order chi connectivity index (χ1) is 12.0. The number of aromatic nitrogens is 2. The van der Waals surface area contributed by atoms with Crippen molar-refractivity contribution in [3.05, 3.63) is 28.2 Å². The standard InChI is InChI=1S/C17H18N6O2.ClH/c1-21-12-4-3-10(8-18)20-14(12)15-16(17(21)25)22(2)13(24)7-11-9-19-5-6-23(11)15;/h3-4,11,19H,5-7,9H2,1-2H3;1H. The summed E-state index contributed by atoms with van der Waals surface area (Å²) < 4.78 is 1.49. The number of hydrogen-bond acceptors (Lipinski definition) is 6. The maximum Gasteiger partial charge on any atom is 0.277 e. The Hall–Kier alpha value is -2.63. The number of hydrogen-bond donors (Lipinski definition) is 1. The van der Waals surface area contributed by atoms with Gasteiger partial charge < -0.3 is 19.7 Å². The molecule has 0 saturated carbocycles. The van der Waals surface area contributed by atoms with Crippen LogP contribution in [-0.4, -0.2) is 48.2 Å². The average Bonchev–Trinajstić information content (AvgIpc) is 2.74. The molecule has 1 atom stereocenters. The Balaban J connectivity index is 0.00000196. The van der Waals surface area contributed by atoms with Crippen molar-refractivity contribution in [3.63, 3.8) is 0 Å². The Labute approximate surface area is 156 Å². The Morgan fingerprint density at radius 3 is 2.77 bits per heavy atom. The van der Waals surface area contributed by atoms with Gasteiger partial charge in [-0.05, 0) is 12.1 Å². The molecular weight excluding hydrogens is 356 g/mol. The van der Waals surface area contributed by atoms with Crippen molar-refractivity contribution in [2.75, 3.05) is 36.5 Å². The highest BCUT2D eigenvalue weighted by molar-refractivity contribution is 6.05. The molecule has 0 bridgehead atoms. The fourth-order valence-electron chi connectivity index (χ4n) is 3.72. The smallest absolute Gasteiger partial charge is 0.277 e. The first-order valence-corrected chi connectivity index (χ1v) is 8.20. The summed E-state index contributed by atoms with van der Waals surface area (Å²) in [6.07, 6.45) is 0.334. The third-order valence-electron chi connectivity index (χ3n) is 5.06. The van der Waals surface area contributed by atoms with Gasteiger partial charge in [0.05, 0.1) is 17.2 Å². The van der Waals surface area contributed by atoms with E-state index in [1.807, 2.05) is 0 Å². The maximum absolute atomic E-state index is 13.0. The Kier molecular flexibility index (Phi) is 4.61. The zero-order chi connectivity index (χ0) is 17.7. The van der Waals surface area contributed by atoms with Gasteiger partial charge in [-0.15, -0.1) is 12.4 Å². The van der Waals surface area contributed by atoms with Gasteiger partial charge in [0.15, 0.2) is 0 Å². The fraction of sp³-hybridized carbons (Fsp3) is 0.412. The molecule has 1 amide bonds. The average molecular weight is 375 g/mol. The minimum atomic E-state index is -0.232. The van der Waals surface area contributed by atoms with E-state index < -0.39 is 0 Å². The van der Waals surface area contributed by atoms with Crippen LogP contribution in [0.5, 0.6) is 0 Å². The second-order valence-electron chi connectivity index (χ2n) is 6.45. The lowest BCUT2D eigenvalue weighted by Gasteiger charge is -2.37. The predicted octanol–water partition coefficient (Wildman–Crippen LogP) is 0.372. The number of nitrogens with zero attached hydrogens (tertiary/aromatic N) is 5. The van der Waals surface area contributed by atoms with Gasteiger partial charge in [-0.3, -0.25) is 9.59 Å². The molecule has 1 unspecified atom stereocenters. The van der Waals surface area contributed by atoms with E-state index in [9.17, 15) is 14.9 Å². The van der Waals surface area contributed by atoms with Crippen molar-refractivity contribution in [3.8, 4) is 6.07 Å². The van der Waals surface area contributed by atoms with Crippen LogP contribution in [0.3, 0.4) is 0 Å². The predicted molar refractivity (Wildman–Crippen MR) is 101 cm³/mol. The first-order valence-electron chi connectivity index (χ1n) is 8.20. The van der Waals surface area contributed by atoms with Gasteiger partial charge in [0.2, 0.25) is 5.91 Å². The van der Waals surface area contributed by atoms with Crippen LogP contribution in [0, 0.1) is 11.3 Å². The van der Waals surface area contributed by atoms with E-state index in [4.69, 9.17) is 0 Å². The zero-order valence-electron chi connectivity index (χ0n) is 14.5. The summed E-state index contributed by atoms with van der Waals surface area (Å²) in [5.41, 5.74) is 2.30. The Morgan fingerprint density at radius 1 is 1.27 bits per heavy atom. The summed E-state index contributed by atoms with van der Waals surface area (Å²) in [6, 6.07) is 5.37. The summed E-state index contributed by atoms with van der Waals surface area (Å²) in [5, 5.41) is 12.5. The summed E-state index contributed by atoms with van der Waals surface area (Å²) in [5.74, 6) is -0.0923. The van der Waals surface area contributed by atoms with Gasteiger partial charge >= 0.3 is 0 Å². The van der Waals surface area contributed by atoms with Crippen LogP contribution in [0.4, 0.5) is 11.4 Å². The SMILES string of the molecule is CN1C(=O)CC2CNCCN2c2c1c(=O)n(C)c1ccc(C#N)nc21.Cl. The van der Waals surface area contributed by atoms with Gasteiger partial charge in [-0.2, -0.15) is 5.26 Å². The summed E-state index contributed by atoms with van der Waals surface area (Å²) in [7, 11) is 3.30. The molecule has 2 aromatic rings. The number of pyridine rings is 2.